The molecule has 0 bridgehead atoms. The molecule has 0 radical (unpaired) electrons. The Morgan fingerprint density at radius 3 is 2.57 bits per heavy atom. The number of benzene rings is 1. The van der Waals surface area contributed by atoms with Crippen molar-refractivity contribution in [3.8, 4) is 0 Å². The van der Waals surface area contributed by atoms with Crippen LogP contribution in [-0.4, -0.2) is 4.98 Å². The predicted molar refractivity (Wildman–Crippen MR) is 56.2 cm³/mol. The molecule has 0 amide bonds. The fourth-order valence-electron chi connectivity index (χ4n) is 1.00. The largest absolute Gasteiger partial charge is 0.383 e. The number of nitrogen functional groups attached to an aromatic ring is 1. The summed E-state index contributed by atoms with van der Waals surface area (Å²) in [7, 11) is 0. The fraction of sp³-hybridized carbons (Fsp3) is 0. The van der Waals surface area contributed by atoms with E-state index in [1.54, 1.807) is 17.5 Å². The van der Waals surface area contributed by atoms with Crippen molar-refractivity contribution in [2.75, 3.05) is 11.1 Å². The SMILES string of the molecule is Nc1csc(Nc2ccc(F)cc2)n1. The van der Waals surface area contributed by atoms with Crippen LogP contribution in [0.3, 0.4) is 0 Å². The van der Waals surface area contributed by atoms with Crippen molar-refractivity contribution in [3.63, 3.8) is 0 Å². The quantitative estimate of drug-likeness (QED) is 0.799. The van der Waals surface area contributed by atoms with Gasteiger partial charge in [-0.2, -0.15) is 0 Å². The standard InChI is InChI=1S/C9H8FN3S/c10-6-1-3-7(4-2-6)12-9-13-8(11)5-14-9/h1-5H,11H2,(H,12,13). The zero-order valence-corrected chi connectivity index (χ0v) is 8.01. The van der Waals surface area contributed by atoms with Gasteiger partial charge in [0.05, 0.1) is 0 Å². The van der Waals surface area contributed by atoms with Gasteiger partial charge in [0.15, 0.2) is 5.13 Å². The number of rotatable bonds is 2. The van der Waals surface area contributed by atoms with Gasteiger partial charge >= 0.3 is 0 Å². The fourth-order valence-corrected chi connectivity index (χ4v) is 1.62. The second-order valence-corrected chi connectivity index (χ2v) is 3.57. The Bertz CT molecular complexity index is 424. The first-order valence-corrected chi connectivity index (χ1v) is 4.85. The zero-order chi connectivity index (χ0) is 9.97. The van der Waals surface area contributed by atoms with Crippen molar-refractivity contribution in [1.29, 1.82) is 0 Å². The minimum Gasteiger partial charge on any atom is -0.383 e. The third-order valence-electron chi connectivity index (χ3n) is 1.62. The van der Waals surface area contributed by atoms with Gasteiger partial charge in [-0.25, -0.2) is 9.37 Å². The minimum atomic E-state index is -0.255. The molecule has 3 N–H and O–H groups in total. The molecule has 1 aromatic heterocycles. The number of nitrogens with one attached hydrogen (secondary N) is 1. The van der Waals surface area contributed by atoms with E-state index in [0.717, 1.165) is 5.69 Å². The van der Waals surface area contributed by atoms with Gasteiger partial charge in [0.2, 0.25) is 0 Å². The van der Waals surface area contributed by atoms with Gasteiger partial charge in [-0.05, 0) is 24.3 Å². The van der Waals surface area contributed by atoms with Crippen molar-refractivity contribution >= 4 is 28.0 Å². The number of hydrogen-bond acceptors (Lipinski definition) is 4. The summed E-state index contributed by atoms with van der Waals surface area (Å²) in [5.74, 6) is 0.230. The smallest absolute Gasteiger partial charge is 0.189 e. The summed E-state index contributed by atoms with van der Waals surface area (Å²) < 4.78 is 12.6. The number of aromatic nitrogens is 1. The lowest BCUT2D eigenvalue weighted by Gasteiger charge is -2.00. The topological polar surface area (TPSA) is 50.9 Å². The van der Waals surface area contributed by atoms with Crippen LogP contribution in [0.2, 0.25) is 0 Å². The van der Waals surface area contributed by atoms with Crippen LogP contribution in [0.5, 0.6) is 0 Å². The number of halogens is 1. The lowest BCUT2D eigenvalue weighted by atomic mass is 10.3. The molecule has 14 heavy (non-hydrogen) atoms. The molecular weight excluding hydrogens is 201 g/mol. The maximum Gasteiger partial charge on any atom is 0.189 e. The Kier molecular flexibility index (Phi) is 2.32. The lowest BCUT2D eigenvalue weighted by molar-refractivity contribution is 0.628. The summed E-state index contributed by atoms with van der Waals surface area (Å²) in [6.45, 7) is 0. The van der Waals surface area contributed by atoms with Gasteiger partial charge in [-0.15, -0.1) is 11.3 Å². The highest BCUT2D eigenvalue weighted by Gasteiger charge is 1.99. The van der Waals surface area contributed by atoms with Gasteiger partial charge in [-0.3, -0.25) is 0 Å². The van der Waals surface area contributed by atoms with E-state index < -0.39 is 0 Å². The first-order chi connectivity index (χ1) is 6.74. The minimum absolute atomic E-state index is 0.255. The van der Waals surface area contributed by atoms with E-state index in [2.05, 4.69) is 10.3 Å². The van der Waals surface area contributed by atoms with E-state index in [4.69, 9.17) is 5.73 Å². The highest BCUT2D eigenvalue weighted by Crippen LogP contribution is 2.21. The summed E-state index contributed by atoms with van der Waals surface area (Å²) in [5, 5.41) is 5.46. The molecule has 3 nitrogen and oxygen atoms in total. The number of nitrogens with two attached hydrogens (primary N) is 1. The average Bonchev–Trinajstić information content (AvgIpc) is 2.56. The Morgan fingerprint density at radius 2 is 2.00 bits per heavy atom. The van der Waals surface area contributed by atoms with E-state index in [1.165, 1.54) is 23.5 Å². The van der Waals surface area contributed by atoms with E-state index >= 15 is 0 Å². The molecule has 0 spiro atoms. The average molecular weight is 209 g/mol. The summed E-state index contributed by atoms with van der Waals surface area (Å²) in [6, 6.07) is 6.07. The van der Waals surface area contributed by atoms with Crippen molar-refractivity contribution in [1.82, 2.24) is 4.98 Å². The van der Waals surface area contributed by atoms with E-state index in [9.17, 15) is 4.39 Å². The molecule has 0 saturated carbocycles. The molecule has 1 heterocycles. The molecule has 72 valence electrons. The van der Waals surface area contributed by atoms with E-state index in [0.29, 0.717) is 10.9 Å². The molecule has 0 fully saturated rings. The first kappa shape index (κ1) is 8.96. The Balaban J connectivity index is 2.15. The van der Waals surface area contributed by atoms with Crippen molar-refractivity contribution in [3.05, 3.63) is 35.5 Å². The molecule has 0 aliphatic carbocycles. The lowest BCUT2D eigenvalue weighted by Crippen LogP contribution is -1.90. The number of hydrogen-bond donors (Lipinski definition) is 2. The van der Waals surface area contributed by atoms with Crippen LogP contribution in [-0.2, 0) is 0 Å². The van der Waals surface area contributed by atoms with Gasteiger partial charge in [0.25, 0.3) is 0 Å². The maximum atomic E-state index is 12.6. The molecule has 0 unspecified atom stereocenters. The molecule has 5 heteroatoms. The summed E-state index contributed by atoms with van der Waals surface area (Å²) in [6.07, 6.45) is 0. The van der Waals surface area contributed by atoms with Crippen LogP contribution in [0.15, 0.2) is 29.6 Å². The molecule has 2 aromatic rings. The van der Waals surface area contributed by atoms with E-state index in [1.807, 2.05) is 0 Å². The Hall–Kier alpha value is -1.62. The normalized spacial score (nSPS) is 10.1. The highest BCUT2D eigenvalue weighted by atomic mass is 32.1. The number of nitrogens with zero attached hydrogens (tertiary/aromatic N) is 1. The van der Waals surface area contributed by atoms with Crippen LogP contribution in [0.1, 0.15) is 0 Å². The van der Waals surface area contributed by atoms with Gasteiger partial charge in [-0.1, -0.05) is 0 Å². The second kappa shape index (κ2) is 3.63. The van der Waals surface area contributed by atoms with Gasteiger partial charge in [0.1, 0.15) is 11.6 Å². The molecule has 2 rings (SSSR count). The Morgan fingerprint density at radius 1 is 1.29 bits per heavy atom. The molecule has 0 aliphatic rings. The summed E-state index contributed by atoms with van der Waals surface area (Å²) in [5.41, 5.74) is 6.25. The summed E-state index contributed by atoms with van der Waals surface area (Å²) >= 11 is 1.41. The molecule has 0 saturated heterocycles. The monoisotopic (exact) mass is 209 g/mol. The van der Waals surface area contributed by atoms with E-state index in [-0.39, 0.29) is 5.82 Å². The molecule has 0 aliphatic heterocycles. The van der Waals surface area contributed by atoms with Gasteiger partial charge < -0.3 is 11.1 Å². The maximum absolute atomic E-state index is 12.6. The number of thiazole rings is 1. The van der Waals surface area contributed by atoms with Gasteiger partial charge in [0, 0.05) is 11.1 Å². The second-order valence-electron chi connectivity index (χ2n) is 2.71. The summed E-state index contributed by atoms with van der Waals surface area (Å²) in [4.78, 5) is 4.02. The van der Waals surface area contributed by atoms with Crippen LogP contribution < -0.4 is 11.1 Å². The molecule has 1 aromatic carbocycles. The third kappa shape index (κ3) is 2.00. The molecule has 0 atom stereocenters. The van der Waals surface area contributed by atoms with Crippen LogP contribution >= 0.6 is 11.3 Å². The first-order valence-electron chi connectivity index (χ1n) is 3.97. The number of anilines is 3. The zero-order valence-electron chi connectivity index (χ0n) is 7.20. The van der Waals surface area contributed by atoms with Crippen LogP contribution in [0.25, 0.3) is 0 Å². The van der Waals surface area contributed by atoms with Crippen molar-refractivity contribution < 1.29 is 4.39 Å². The van der Waals surface area contributed by atoms with Crippen molar-refractivity contribution in [2.45, 2.75) is 0 Å². The van der Waals surface area contributed by atoms with Crippen LogP contribution in [0.4, 0.5) is 21.0 Å². The van der Waals surface area contributed by atoms with Crippen LogP contribution in [0, 0.1) is 5.82 Å². The predicted octanol–water partition coefficient (Wildman–Crippen LogP) is 2.61. The van der Waals surface area contributed by atoms with Crippen molar-refractivity contribution in [2.24, 2.45) is 0 Å². The highest BCUT2D eigenvalue weighted by molar-refractivity contribution is 7.14. The third-order valence-corrected chi connectivity index (χ3v) is 2.39. The molecular formula is C9H8FN3S. The Labute approximate surface area is 84.4 Å².